The maximum atomic E-state index is 13.0. The summed E-state index contributed by atoms with van der Waals surface area (Å²) in [5, 5.41) is 10.6. The van der Waals surface area contributed by atoms with Crippen LogP contribution in [0.1, 0.15) is 325 Å². The molecule has 0 aliphatic carbocycles. The number of ether oxygens (including phenoxy) is 4. The van der Waals surface area contributed by atoms with E-state index in [2.05, 4.69) is 55.4 Å². The highest BCUT2D eigenvalue weighted by Crippen LogP contribution is 2.45. The molecule has 0 spiro atoms. The molecule has 0 aromatic heterocycles. The second kappa shape index (κ2) is 57.0. The van der Waals surface area contributed by atoms with Gasteiger partial charge in [-0.25, -0.2) is 9.13 Å². The number of carbonyl (C=O) groups excluding carboxylic acids is 4. The first-order chi connectivity index (χ1) is 41.2. The zero-order valence-electron chi connectivity index (χ0n) is 55.9. The van der Waals surface area contributed by atoms with E-state index in [1.54, 1.807) is 0 Å². The number of esters is 4. The summed E-state index contributed by atoms with van der Waals surface area (Å²) in [5.41, 5.74) is 0. The molecule has 19 heteroatoms. The monoisotopic (exact) mass is 1270 g/mol. The molecule has 0 aromatic rings. The van der Waals surface area contributed by atoms with Crippen molar-refractivity contribution >= 4 is 39.5 Å². The van der Waals surface area contributed by atoms with Gasteiger partial charge >= 0.3 is 39.5 Å². The predicted molar refractivity (Wildman–Crippen MR) is 344 cm³/mol. The summed E-state index contributed by atoms with van der Waals surface area (Å²) in [4.78, 5) is 72.4. The quantitative estimate of drug-likeness (QED) is 0.0222. The van der Waals surface area contributed by atoms with E-state index in [0.29, 0.717) is 31.6 Å². The number of hydrogen-bond acceptors (Lipinski definition) is 15. The van der Waals surface area contributed by atoms with Crippen LogP contribution < -0.4 is 0 Å². The molecule has 5 unspecified atom stereocenters. The highest BCUT2D eigenvalue weighted by molar-refractivity contribution is 7.47. The highest BCUT2D eigenvalue weighted by atomic mass is 31.2. The van der Waals surface area contributed by atoms with Gasteiger partial charge in [0.1, 0.15) is 19.3 Å². The van der Waals surface area contributed by atoms with Gasteiger partial charge in [-0.05, 0) is 49.4 Å². The Bertz CT molecular complexity index is 1720. The van der Waals surface area contributed by atoms with Crippen LogP contribution in [0.3, 0.4) is 0 Å². The van der Waals surface area contributed by atoms with Gasteiger partial charge in [0.15, 0.2) is 12.2 Å². The zero-order chi connectivity index (χ0) is 63.9. The van der Waals surface area contributed by atoms with Crippen molar-refractivity contribution in [3.63, 3.8) is 0 Å². The topological polar surface area (TPSA) is 237 Å². The largest absolute Gasteiger partial charge is 0.472 e. The van der Waals surface area contributed by atoms with E-state index in [1.807, 2.05) is 0 Å². The predicted octanol–water partition coefficient (Wildman–Crippen LogP) is 18.5. The molecule has 0 aliphatic rings. The minimum absolute atomic E-state index is 0.101. The maximum absolute atomic E-state index is 13.0. The van der Waals surface area contributed by atoms with Gasteiger partial charge in [0.25, 0.3) is 0 Å². The van der Waals surface area contributed by atoms with E-state index >= 15 is 0 Å². The Morgan fingerprint density at radius 1 is 0.326 bits per heavy atom. The molecular formula is C67H130O17P2. The molecule has 0 amide bonds. The van der Waals surface area contributed by atoms with E-state index in [4.69, 9.17) is 37.0 Å². The van der Waals surface area contributed by atoms with E-state index < -0.39 is 97.5 Å². The molecule has 0 saturated carbocycles. The van der Waals surface area contributed by atoms with Gasteiger partial charge in [0.05, 0.1) is 26.4 Å². The third kappa shape index (κ3) is 58.4. The molecule has 0 saturated heterocycles. The SMILES string of the molecule is CCC(C)CCCCCCCCCCCCC(=O)O[C@H](COC(=O)CCCCCCCCCCC(C)C)COP(=O)(O)OCC(O)COP(=O)(O)OC[C@@H](COC(=O)CCCCCCCCCCC(C)CC)OC(=O)CCCCCCCCC(C)C. The molecule has 0 aromatic carbocycles. The molecular weight excluding hydrogens is 1140 g/mol. The number of unbranched alkanes of at least 4 members (excludes halogenated alkanes) is 28. The Morgan fingerprint density at radius 2 is 0.558 bits per heavy atom. The third-order valence-electron chi connectivity index (χ3n) is 16.0. The van der Waals surface area contributed by atoms with Crippen LogP contribution in [0.2, 0.25) is 0 Å². The maximum Gasteiger partial charge on any atom is 0.472 e. The van der Waals surface area contributed by atoms with Crippen LogP contribution in [0, 0.1) is 23.7 Å². The molecule has 17 nitrogen and oxygen atoms in total. The van der Waals surface area contributed by atoms with Gasteiger partial charge in [-0.15, -0.1) is 0 Å². The molecule has 3 N–H and O–H groups in total. The van der Waals surface area contributed by atoms with Crippen molar-refractivity contribution in [3.8, 4) is 0 Å². The minimum atomic E-state index is -4.95. The normalized spacial score (nSPS) is 15.0. The summed E-state index contributed by atoms with van der Waals surface area (Å²) in [6.07, 6.45) is 37.6. The molecule has 0 radical (unpaired) electrons. The van der Waals surface area contributed by atoms with E-state index in [1.165, 1.54) is 128 Å². The van der Waals surface area contributed by atoms with Crippen molar-refractivity contribution in [1.82, 2.24) is 0 Å². The van der Waals surface area contributed by atoms with Crippen LogP contribution in [0.4, 0.5) is 0 Å². The van der Waals surface area contributed by atoms with Crippen LogP contribution in [-0.4, -0.2) is 96.7 Å². The molecule has 0 bridgehead atoms. The van der Waals surface area contributed by atoms with Crippen molar-refractivity contribution in [1.29, 1.82) is 0 Å². The lowest BCUT2D eigenvalue weighted by Gasteiger charge is -2.21. The lowest BCUT2D eigenvalue weighted by atomic mass is 9.99. The summed E-state index contributed by atoms with van der Waals surface area (Å²) in [5.74, 6) is 0.838. The standard InChI is InChI=1S/C67H130O17P2/c1-9-59(7)45-37-29-20-13-11-12-14-24-33-41-49-66(71)83-62(53-77-64(69)47-39-31-22-17-15-19-27-35-43-57(3)4)55-81-85(73,74)79-51-61(68)52-80-86(75,76)82-56-63(84-67(72)50-42-34-26-25-28-36-44-58(5)6)54-78-65(70)48-40-32-23-18-16-21-30-38-46-60(8)10-2/h57-63,68H,9-56H2,1-8H3,(H,73,74)(H,75,76)/t59?,60?,61?,62-,63-/m1/s1. The number of aliphatic hydroxyl groups is 1. The van der Waals surface area contributed by atoms with Gasteiger partial charge in [-0.3, -0.25) is 37.3 Å². The first-order valence-corrected chi connectivity index (χ1v) is 37.8. The minimum Gasteiger partial charge on any atom is -0.462 e. The van der Waals surface area contributed by atoms with Crippen LogP contribution in [-0.2, 0) is 65.4 Å². The van der Waals surface area contributed by atoms with Crippen molar-refractivity contribution < 1.29 is 80.2 Å². The number of phosphoric ester groups is 2. The lowest BCUT2D eigenvalue weighted by Crippen LogP contribution is -2.30. The Hall–Kier alpha value is -1.94. The average molecular weight is 1270 g/mol. The van der Waals surface area contributed by atoms with Crippen LogP contribution in [0.5, 0.6) is 0 Å². The number of hydrogen-bond donors (Lipinski definition) is 3. The zero-order valence-corrected chi connectivity index (χ0v) is 57.7. The van der Waals surface area contributed by atoms with Crippen molar-refractivity contribution in [3.05, 3.63) is 0 Å². The second-order valence-corrected chi connectivity index (χ2v) is 28.6. The molecule has 0 fully saturated rings. The van der Waals surface area contributed by atoms with E-state index in [-0.39, 0.29) is 25.7 Å². The fourth-order valence-corrected chi connectivity index (χ4v) is 11.5. The van der Waals surface area contributed by atoms with Gasteiger partial charge in [-0.2, -0.15) is 0 Å². The summed E-state index contributed by atoms with van der Waals surface area (Å²) in [7, 11) is -9.90. The van der Waals surface area contributed by atoms with Crippen molar-refractivity contribution in [2.75, 3.05) is 39.6 Å². The molecule has 0 rings (SSSR count). The van der Waals surface area contributed by atoms with Crippen molar-refractivity contribution in [2.24, 2.45) is 23.7 Å². The van der Waals surface area contributed by atoms with Gasteiger partial charge in [0.2, 0.25) is 0 Å². The van der Waals surface area contributed by atoms with Gasteiger partial charge in [0, 0.05) is 25.7 Å². The summed E-state index contributed by atoms with van der Waals surface area (Å²) >= 11 is 0. The smallest absolute Gasteiger partial charge is 0.462 e. The Balaban J connectivity index is 5.25. The summed E-state index contributed by atoms with van der Waals surface area (Å²) < 4.78 is 68.1. The molecule has 510 valence electrons. The molecule has 0 aliphatic heterocycles. The first-order valence-electron chi connectivity index (χ1n) is 34.8. The number of carbonyl (C=O) groups is 4. The average Bonchev–Trinajstić information content (AvgIpc) is 3.68. The van der Waals surface area contributed by atoms with Crippen LogP contribution in [0.25, 0.3) is 0 Å². The van der Waals surface area contributed by atoms with Crippen LogP contribution >= 0.6 is 15.6 Å². The fraction of sp³-hybridized carbons (Fsp3) is 0.940. The Labute approximate surface area is 524 Å². The summed E-state index contributed by atoms with van der Waals surface area (Å²) in [6.45, 7) is 14.0. The van der Waals surface area contributed by atoms with Gasteiger partial charge in [-0.1, -0.05) is 274 Å². The fourth-order valence-electron chi connectivity index (χ4n) is 9.89. The van der Waals surface area contributed by atoms with Gasteiger partial charge < -0.3 is 33.8 Å². The molecule has 86 heavy (non-hydrogen) atoms. The van der Waals surface area contributed by atoms with E-state index in [0.717, 1.165) is 108 Å². The third-order valence-corrected chi connectivity index (χ3v) is 17.9. The Kier molecular flexibility index (Phi) is 55.7. The lowest BCUT2D eigenvalue weighted by molar-refractivity contribution is -0.161. The van der Waals surface area contributed by atoms with E-state index in [9.17, 15) is 43.2 Å². The first kappa shape index (κ1) is 84.1. The number of aliphatic hydroxyl groups excluding tert-OH is 1. The second-order valence-electron chi connectivity index (χ2n) is 25.6. The Morgan fingerprint density at radius 3 is 0.826 bits per heavy atom. The van der Waals surface area contributed by atoms with Crippen LogP contribution in [0.15, 0.2) is 0 Å². The number of phosphoric acid groups is 2. The highest BCUT2D eigenvalue weighted by Gasteiger charge is 2.30. The number of rotatable bonds is 64. The molecule has 0 heterocycles. The van der Waals surface area contributed by atoms with Crippen molar-refractivity contribution in [2.45, 2.75) is 343 Å². The molecule has 7 atom stereocenters. The summed E-state index contributed by atoms with van der Waals surface area (Å²) in [6, 6.07) is 0.